The Kier molecular flexibility index (Phi) is 5.36. The number of nitrogens with zero attached hydrogens (tertiary/aromatic N) is 1. The van der Waals surface area contributed by atoms with Crippen LogP contribution in [0.15, 0.2) is 46.9 Å². The van der Waals surface area contributed by atoms with Crippen molar-refractivity contribution in [3.8, 4) is 0 Å². The predicted molar refractivity (Wildman–Crippen MR) is 92.3 cm³/mol. The topological polar surface area (TPSA) is 99.8 Å². The quantitative estimate of drug-likeness (QED) is 0.786. The average Bonchev–Trinajstić information content (AvgIpc) is 3.26. The molecule has 1 aliphatic heterocycles. The molecule has 2 N–H and O–H groups in total. The van der Waals surface area contributed by atoms with Gasteiger partial charge in [-0.15, -0.1) is 0 Å². The van der Waals surface area contributed by atoms with Crippen LogP contribution in [-0.2, 0) is 22.6 Å². The molecule has 0 unspecified atom stereocenters. The van der Waals surface area contributed by atoms with Crippen LogP contribution in [0.25, 0.3) is 0 Å². The number of hydrogen-bond acceptors (Lipinski definition) is 4. The van der Waals surface area contributed by atoms with Crippen LogP contribution in [-0.4, -0.2) is 40.9 Å². The van der Waals surface area contributed by atoms with Gasteiger partial charge in [-0.3, -0.25) is 9.59 Å². The minimum Gasteiger partial charge on any atom is -0.475 e. The molecule has 0 radical (unpaired) electrons. The summed E-state index contributed by atoms with van der Waals surface area (Å²) >= 11 is 0. The van der Waals surface area contributed by atoms with Crippen LogP contribution < -0.4 is 5.32 Å². The standard InChI is InChI=1S/C19H20N2O5/c22-17-10-14(12-21(17)9-8-13-4-2-1-3-5-13)18(23)20-11-15-6-7-16(26-15)19(24)25/h1-7,14H,8-12H2,(H,20,23)(H,24,25)/t14-/m1/s1. The Labute approximate surface area is 150 Å². The Morgan fingerprint density at radius 1 is 1.19 bits per heavy atom. The van der Waals surface area contributed by atoms with Gasteiger partial charge in [0, 0.05) is 19.5 Å². The maximum Gasteiger partial charge on any atom is 0.371 e. The fourth-order valence-corrected chi connectivity index (χ4v) is 2.98. The molecule has 0 spiro atoms. The molecule has 0 saturated carbocycles. The highest BCUT2D eigenvalue weighted by molar-refractivity contribution is 5.89. The molecule has 2 heterocycles. The SMILES string of the molecule is O=C(O)c1ccc(CNC(=O)[C@@H]2CC(=O)N(CCc3ccccc3)C2)o1. The molecule has 1 aromatic heterocycles. The highest BCUT2D eigenvalue weighted by Crippen LogP contribution is 2.19. The first-order valence-electron chi connectivity index (χ1n) is 8.44. The summed E-state index contributed by atoms with van der Waals surface area (Å²) < 4.78 is 5.10. The maximum atomic E-state index is 12.3. The fourth-order valence-electron chi connectivity index (χ4n) is 2.98. The molecule has 0 bridgehead atoms. The summed E-state index contributed by atoms with van der Waals surface area (Å²) in [6.45, 7) is 1.09. The van der Waals surface area contributed by atoms with Gasteiger partial charge in [-0.25, -0.2) is 4.79 Å². The molecule has 1 atom stereocenters. The number of nitrogens with one attached hydrogen (secondary N) is 1. The number of furan rings is 1. The Balaban J connectivity index is 1.47. The van der Waals surface area contributed by atoms with Crippen molar-refractivity contribution in [2.45, 2.75) is 19.4 Å². The molecule has 3 rings (SSSR count). The molecule has 1 saturated heterocycles. The minimum atomic E-state index is -1.15. The third kappa shape index (κ3) is 4.30. The second kappa shape index (κ2) is 7.86. The Bertz CT molecular complexity index is 799. The van der Waals surface area contributed by atoms with E-state index < -0.39 is 11.9 Å². The molecule has 7 nitrogen and oxygen atoms in total. The summed E-state index contributed by atoms with van der Waals surface area (Å²) in [6, 6.07) is 12.7. The number of carboxylic acid groups (broad SMARTS) is 1. The van der Waals surface area contributed by atoms with E-state index in [-0.39, 0.29) is 30.5 Å². The van der Waals surface area contributed by atoms with Gasteiger partial charge in [0.25, 0.3) is 0 Å². The van der Waals surface area contributed by atoms with Crippen LogP contribution in [0.5, 0.6) is 0 Å². The Morgan fingerprint density at radius 2 is 1.96 bits per heavy atom. The molecule has 1 aliphatic rings. The fraction of sp³-hybridized carbons (Fsp3) is 0.316. The number of hydrogen-bond donors (Lipinski definition) is 2. The second-order valence-corrected chi connectivity index (χ2v) is 6.27. The van der Waals surface area contributed by atoms with Crippen LogP contribution in [0, 0.1) is 5.92 Å². The number of aromatic carboxylic acids is 1. The van der Waals surface area contributed by atoms with E-state index in [9.17, 15) is 14.4 Å². The lowest BCUT2D eigenvalue weighted by atomic mass is 10.1. The number of carbonyl (C=O) groups excluding carboxylic acids is 2. The van der Waals surface area contributed by atoms with Crippen molar-refractivity contribution in [3.05, 3.63) is 59.5 Å². The average molecular weight is 356 g/mol. The highest BCUT2D eigenvalue weighted by Gasteiger charge is 2.33. The lowest BCUT2D eigenvalue weighted by Crippen LogP contribution is -2.33. The van der Waals surface area contributed by atoms with E-state index in [1.165, 1.54) is 12.1 Å². The van der Waals surface area contributed by atoms with Crippen molar-refractivity contribution >= 4 is 17.8 Å². The number of likely N-dealkylation sites (tertiary alicyclic amines) is 1. The van der Waals surface area contributed by atoms with Crippen molar-refractivity contribution in [1.29, 1.82) is 0 Å². The smallest absolute Gasteiger partial charge is 0.371 e. The van der Waals surface area contributed by atoms with E-state index in [1.54, 1.807) is 4.90 Å². The third-order valence-electron chi connectivity index (χ3n) is 4.41. The van der Waals surface area contributed by atoms with Gasteiger partial charge in [0.2, 0.25) is 17.6 Å². The van der Waals surface area contributed by atoms with Gasteiger partial charge in [-0.2, -0.15) is 0 Å². The van der Waals surface area contributed by atoms with Crippen molar-refractivity contribution in [3.63, 3.8) is 0 Å². The number of amides is 2. The van der Waals surface area contributed by atoms with Gasteiger partial charge in [0.1, 0.15) is 5.76 Å². The zero-order valence-electron chi connectivity index (χ0n) is 14.2. The van der Waals surface area contributed by atoms with Crippen LogP contribution in [0.2, 0.25) is 0 Å². The van der Waals surface area contributed by atoms with E-state index in [2.05, 4.69) is 5.32 Å². The predicted octanol–water partition coefficient (Wildman–Crippen LogP) is 1.69. The monoisotopic (exact) mass is 356 g/mol. The van der Waals surface area contributed by atoms with Gasteiger partial charge in [-0.1, -0.05) is 30.3 Å². The number of carbonyl (C=O) groups is 3. The first-order valence-corrected chi connectivity index (χ1v) is 8.44. The van der Waals surface area contributed by atoms with E-state index >= 15 is 0 Å². The van der Waals surface area contributed by atoms with E-state index in [4.69, 9.17) is 9.52 Å². The van der Waals surface area contributed by atoms with E-state index in [0.29, 0.717) is 18.8 Å². The number of rotatable bonds is 7. The van der Waals surface area contributed by atoms with Gasteiger partial charge >= 0.3 is 5.97 Å². The van der Waals surface area contributed by atoms with Crippen LogP contribution in [0.4, 0.5) is 0 Å². The third-order valence-corrected chi connectivity index (χ3v) is 4.41. The number of benzene rings is 1. The van der Waals surface area contributed by atoms with E-state index in [0.717, 1.165) is 12.0 Å². The largest absolute Gasteiger partial charge is 0.475 e. The van der Waals surface area contributed by atoms with Gasteiger partial charge in [0.15, 0.2) is 0 Å². The lowest BCUT2D eigenvalue weighted by molar-refractivity contribution is -0.129. The maximum absolute atomic E-state index is 12.3. The van der Waals surface area contributed by atoms with Crippen molar-refractivity contribution in [2.24, 2.45) is 5.92 Å². The van der Waals surface area contributed by atoms with Crippen LogP contribution in [0.1, 0.15) is 28.3 Å². The summed E-state index contributed by atoms with van der Waals surface area (Å²) in [5, 5.41) is 11.5. The highest BCUT2D eigenvalue weighted by atomic mass is 16.4. The Hall–Kier alpha value is -3.09. The second-order valence-electron chi connectivity index (χ2n) is 6.27. The molecule has 0 aliphatic carbocycles. The molecule has 1 fully saturated rings. The lowest BCUT2D eigenvalue weighted by Gasteiger charge is -2.16. The summed E-state index contributed by atoms with van der Waals surface area (Å²) in [4.78, 5) is 36.9. The first kappa shape index (κ1) is 17.7. The van der Waals surface area contributed by atoms with Crippen molar-refractivity contribution in [2.75, 3.05) is 13.1 Å². The molecule has 1 aromatic carbocycles. The number of carboxylic acids is 1. The first-order chi connectivity index (χ1) is 12.5. The van der Waals surface area contributed by atoms with Gasteiger partial charge < -0.3 is 19.7 Å². The van der Waals surface area contributed by atoms with Crippen LogP contribution in [0.3, 0.4) is 0 Å². The molecule has 7 heteroatoms. The molecular weight excluding hydrogens is 336 g/mol. The zero-order valence-corrected chi connectivity index (χ0v) is 14.2. The van der Waals surface area contributed by atoms with Gasteiger partial charge in [-0.05, 0) is 24.1 Å². The minimum absolute atomic E-state index is 0.0211. The summed E-state index contributed by atoms with van der Waals surface area (Å²) in [5.41, 5.74) is 1.15. The van der Waals surface area contributed by atoms with Crippen molar-refractivity contribution in [1.82, 2.24) is 10.2 Å². The van der Waals surface area contributed by atoms with Crippen molar-refractivity contribution < 1.29 is 23.9 Å². The van der Waals surface area contributed by atoms with Crippen LogP contribution >= 0.6 is 0 Å². The summed E-state index contributed by atoms with van der Waals surface area (Å²) in [6.07, 6.45) is 0.949. The molecule has 2 amide bonds. The molecular formula is C19H20N2O5. The molecule has 2 aromatic rings. The molecule has 136 valence electrons. The zero-order chi connectivity index (χ0) is 18.5. The van der Waals surface area contributed by atoms with E-state index in [1.807, 2.05) is 30.3 Å². The Morgan fingerprint density at radius 3 is 2.65 bits per heavy atom. The summed E-state index contributed by atoms with van der Waals surface area (Å²) in [5.74, 6) is -1.61. The normalized spacial score (nSPS) is 16.7. The van der Waals surface area contributed by atoms with Gasteiger partial charge in [0.05, 0.1) is 12.5 Å². The molecule has 26 heavy (non-hydrogen) atoms. The summed E-state index contributed by atoms with van der Waals surface area (Å²) in [7, 11) is 0.